The molecular weight excluding hydrogens is 352 g/mol. The molecule has 0 fully saturated rings. The fourth-order valence-electron chi connectivity index (χ4n) is 1.55. The summed E-state index contributed by atoms with van der Waals surface area (Å²) in [6.45, 7) is 1.42. The summed E-state index contributed by atoms with van der Waals surface area (Å²) >= 11 is 3.10. The number of aromatic amines is 1. The Morgan fingerprint density at radius 1 is 1.50 bits per heavy atom. The number of H-pyrrole nitrogens is 1. The van der Waals surface area contributed by atoms with Crippen molar-refractivity contribution < 1.29 is 18.3 Å². The number of rotatable bonds is 4. The zero-order valence-corrected chi connectivity index (χ0v) is 12.5. The van der Waals surface area contributed by atoms with Crippen molar-refractivity contribution in [3.05, 3.63) is 34.3 Å². The first-order valence-corrected chi connectivity index (χ1v) is 7.52. The van der Waals surface area contributed by atoms with Crippen LogP contribution in [0, 0.1) is 6.92 Å². The number of anilines is 1. The number of carboxylic acids is 1. The zero-order chi connectivity index (χ0) is 14.9. The maximum absolute atomic E-state index is 12.3. The summed E-state index contributed by atoms with van der Waals surface area (Å²) in [4.78, 5) is 14.5. The predicted molar refractivity (Wildman–Crippen MR) is 73.0 cm³/mol. The molecule has 0 bridgehead atoms. The van der Waals surface area contributed by atoms with Gasteiger partial charge < -0.3 is 5.11 Å². The molecule has 20 heavy (non-hydrogen) atoms. The van der Waals surface area contributed by atoms with Crippen molar-refractivity contribution in [3.63, 3.8) is 0 Å². The monoisotopic (exact) mass is 360 g/mol. The molecule has 0 aromatic carbocycles. The van der Waals surface area contributed by atoms with Crippen molar-refractivity contribution in [1.29, 1.82) is 0 Å². The summed E-state index contributed by atoms with van der Waals surface area (Å²) in [6.07, 6.45) is 1.48. The Labute approximate surface area is 122 Å². The second-order valence-corrected chi connectivity index (χ2v) is 6.15. The lowest BCUT2D eigenvalue weighted by Crippen LogP contribution is -2.17. The van der Waals surface area contributed by atoms with E-state index in [0.29, 0.717) is 4.60 Å². The van der Waals surface area contributed by atoms with E-state index in [2.05, 4.69) is 35.8 Å². The maximum Gasteiger partial charge on any atom is 0.357 e. The van der Waals surface area contributed by atoms with E-state index >= 15 is 0 Å². The van der Waals surface area contributed by atoms with Crippen molar-refractivity contribution in [2.75, 3.05) is 4.72 Å². The van der Waals surface area contributed by atoms with Crippen LogP contribution in [0.4, 0.5) is 5.69 Å². The topological polar surface area (TPSA) is 125 Å². The van der Waals surface area contributed by atoms with Crippen LogP contribution in [0.3, 0.4) is 0 Å². The molecule has 8 nitrogen and oxygen atoms in total. The minimum atomic E-state index is -4.09. The number of aromatic nitrogens is 3. The summed E-state index contributed by atoms with van der Waals surface area (Å²) in [7, 11) is -4.09. The van der Waals surface area contributed by atoms with Crippen LogP contribution in [0.15, 0.2) is 27.8 Å². The zero-order valence-electron chi connectivity index (χ0n) is 10.1. The highest BCUT2D eigenvalue weighted by Crippen LogP contribution is 2.25. The van der Waals surface area contributed by atoms with Crippen LogP contribution < -0.4 is 4.72 Å². The smallest absolute Gasteiger partial charge is 0.357 e. The third-order valence-electron chi connectivity index (χ3n) is 2.37. The van der Waals surface area contributed by atoms with Gasteiger partial charge in [-0.1, -0.05) is 0 Å². The third kappa shape index (κ3) is 2.65. The normalized spacial score (nSPS) is 11.3. The number of aromatic carboxylic acids is 1. The van der Waals surface area contributed by atoms with Gasteiger partial charge in [0.05, 0.1) is 11.4 Å². The number of carbonyl (C=O) groups is 1. The van der Waals surface area contributed by atoms with Gasteiger partial charge in [0.2, 0.25) is 0 Å². The molecule has 0 atom stereocenters. The van der Waals surface area contributed by atoms with Gasteiger partial charge in [0, 0.05) is 6.20 Å². The average Bonchev–Trinajstić information content (AvgIpc) is 2.75. The van der Waals surface area contributed by atoms with E-state index < -0.39 is 26.6 Å². The molecule has 3 N–H and O–H groups in total. The Hall–Kier alpha value is -1.94. The van der Waals surface area contributed by atoms with Crippen molar-refractivity contribution >= 4 is 37.6 Å². The summed E-state index contributed by atoms with van der Waals surface area (Å²) < 4.78 is 27.1. The van der Waals surface area contributed by atoms with Crippen LogP contribution in [-0.2, 0) is 10.0 Å². The number of carboxylic acid groups (broad SMARTS) is 1. The lowest BCUT2D eigenvalue weighted by atomic mass is 10.4. The van der Waals surface area contributed by atoms with Gasteiger partial charge in [-0.2, -0.15) is 5.10 Å². The molecular formula is C10H9BrN4O4S. The minimum absolute atomic E-state index is 0.134. The Morgan fingerprint density at radius 2 is 2.20 bits per heavy atom. The van der Waals surface area contributed by atoms with E-state index in [4.69, 9.17) is 5.11 Å². The first-order chi connectivity index (χ1) is 9.33. The van der Waals surface area contributed by atoms with Gasteiger partial charge >= 0.3 is 5.97 Å². The van der Waals surface area contributed by atoms with Crippen LogP contribution in [0.5, 0.6) is 0 Å². The van der Waals surface area contributed by atoms with E-state index in [0.717, 1.165) is 0 Å². The van der Waals surface area contributed by atoms with Crippen molar-refractivity contribution in [1.82, 2.24) is 15.2 Å². The highest BCUT2D eigenvalue weighted by Gasteiger charge is 2.28. The predicted octanol–water partition coefficient (Wildman–Crippen LogP) is 1.37. The van der Waals surface area contributed by atoms with E-state index in [1.54, 1.807) is 6.07 Å². The molecule has 0 aliphatic carbocycles. The van der Waals surface area contributed by atoms with Crippen LogP contribution in [0.1, 0.15) is 16.2 Å². The third-order valence-corrected chi connectivity index (χ3v) is 4.52. The molecule has 0 aliphatic rings. The second kappa shape index (κ2) is 5.21. The van der Waals surface area contributed by atoms with Crippen molar-refractivity contribution in [3.8, 4) is 0 Å². The molecule has 0 amide bonds. The van der Waals surface area contributed by atoms with Crippen LogP contribution in [0.2, 0.25) is 0 Å². The molecule has 2 aromatic rings. The van der Waals surface area contributed by atoms with E-state index in [1.165, 1.54) is 19.2 Å². The maximum atomic E-state index is 12.3. The fourth-order valence-corrected chi connectivity index (χ4v) is 3.42. The highest BCUT2D eigenvalue weighted by molar-refractivity contribution is 9.10. The lowest BCUT2D eigenvalue weighted by Gasteiger charge is -2.08. The van der Waals surface area contributed by atoms with Gasteiger partial charge in [-0.15, -0.1) is 0 Å². The molecule has 106 valence electrons. The largest absolute Gasteiger partial charge is 0.476 e. The van der Waals surface area contributed by atoms with Gasteiger partial charge in [0.1, 0.15) is 9.50 Å². The molecule has 0 saturated heterocycles. The molecule has 0 radical (unpaired) electrons. The van der Waals surface area contributed by atoms with Gasteiger partial charge in [0.15, 0.2) is 5.69 Å². The molecule has 2 aromatic heterocycles. The van der Waals surface area contributed by atoms with E-state index in [-0.39, 0.29) is 11.4 Å². The molecule has 0 aliphatic heterocycles. The van der Waals surface area contributed by atoms with Crippen LogP contribution in [-0.4, -0.2) is 34.7 Å². The Morgan fingerprint density at radius 3 is 2.80 bits per heavy atom. The van der Waals surface area contributed by atoms with E-state index in [1.807, 2.05) is 0 Å². The summed E-state index contributed by atoms with van der Waals surface area (Å²) in [5, 5.41) is 14.8. The van der Waals surface area contributed by atoms with Crippen LogP contribution >= 0.6 is 15.9 Å². The van der Waals surface area contributed by atoms with Gasteiger partial charge in [0.25, 0.3) is 10.0 Å². The number of halogens is 1. The number of aryl methyl sites for hydroxylation is 1. The second-order valence-electron chi connectivity index (χ2n) is 3.78. The molecule has 10 heteroatoms. The molecule has 0 unspecified atom stereocenters. The first-order valence-electron chi connectivity index (χ1n) is 5.24. The minimum Gasteiger partial charge on any atom is -0.476 e. The molecule has 0 saturated carbocycles. The number of nitrogens with zero attached hydrogens (tertiary/aromatic N) is 2. The van der Waals surface area contributed by atoms with E-state index in [9.17, 15) is 13.2 Å². The Balaban J connectivity index is 2.49. The molecule has 2 rings (SSSR count). The SMILES string of the molecule is Cc1[nH]nc(C(=O)O)c1S(=O)(=O)Nc1cccnc1Br. The van der Waals surface area contributed by atoms with Crippen molar-refractivity contribution in [2.45, 2.75) is 11.8 Å². The van der Waals surface area contributed by atoms with Gasteiger partial charge in [-0.3, -0.25) is 9.82 Å². The fraction of sp³-hybridized carbons (Fsp3) is 0.100. The Kier molecular flexibility index (Phi) is 3.77. The molecule has 0 spiro atoms. The molecule has 2 heterocycles. The highest BCUT2D eigenvalue weighted by atomic mass is 79.9. The quantitative estimate of drug-likeness (QED) is 0.707. The summed E-state index contributed by atoms with van der Waals surface area (Å²) in [5.41, 5.74) is -0.227. The summed E-state index contributed by atoms with van der Waals surface area (Å²) in [6, 6.07) is 3.04. The van der Waals surface area contributed by atoms with Crippen molar-refractivity contribution in [2.24, 2.45) is 0 Å². The summed E-state index contributed by atoms with van der Waals surface area (Å²) in [5.74, 6) is -1.43. The van der Waals surface area contributed by atoms with Crippen LogP contribution in [0.25, 0.3) is 0 Å². The average molecular weight is 361 g/mol. The first kappa shape index (κ1) is 14.5. The van der Waals surface area contributed by atoms with Gasteiger partial charge in [-0.25, -0.2) is 18.2 Å². The standard InChI is InChI=1S/C10H9BrN4O4S/c1-5-8(7(10(16)17)14-13-5)20(18,19)15-6-3-2-4-12-9(6)11/h2-4,15H,1H3,(H,13,14)(H,16,17). The number of nitrogens with one attached hydrogen (secondary N) is 2. The lowest BCUT2D eigenvalue weighted by molar-refractivity contribution is 0.0686. The Bertz CT molecular complexity index is 771. The van der Waals surface area contributed by atoms with Gasteiger partial charge in [-0.05, 0) is 35.0 Å². The number of hydrogen-bond acceptors (Lipinski definition) is 5. The number of pyridine rings is 1. The number of sulfonamides is 1. The number of hydrogen-bond donors (Lipinski definition) is 3.